The van der Waals surface area contributed by atoms with Crippen molar-refractivity contribution >= 4 is 18.0 Å². The molecule has 1 N–H and O–H groups in total. The summed E-state index contributed by atoms with van der Waals surface area (Å²) >= 11 is 0. The fraction of sp³-hybridized carbons (Fsp3) is 0.533. The maximum atomic E-state index is 5.79. The predicted molar refractivity (Wildman–Crippen MR) is 77.4 cm³/mol. The van der Waals surface area contributed by atoms with Gasteiger partial charge in [0.2, 0.25) is 0 Å². The van der Waals surface area contributed by atoms with Crippen molar-refractivity contribution in [1.29, 1.82) is 0 Å². The molecule has 1 aliphatic carbocycles. The van der Waals surface area contributed by atoms with E-state index in [0.29, 0.717) is 0 Å². The Bertz CT molecular complexity index is 577. The number of hydrogen-bond acceptors (Lipinski definition) is 3. The third-order valence-corrected chi connectivity index (χ3v) is 3.61. The number of anilines is 1. The number of ether oxygens (including phenoxy) is 1. The fourth-order valence-electron chi connectivity index (χ4n) is 2.85. The lowest BCUT2D eigenvalue weighted by atomic mass is 10.2. The highest BCUT2D eigenvalue weighted by Crippen LogP contribution is 2.14. The highest BCUT2D eigenvalue weighted by Gasteiger charge is 2.24. The van der Waals surface area contributed by atoms with Crippen LogP contribution in [0.3, 0.4) is 0 Å². The third-order valence-electron chi connectivity index (χ3n) is 3.61. The summed E-state index contributed by atoms with van der Waals surface area (Å²) in [4.78, 5) is 2.33. The van der Waals surface area contributed by atoms with Crippen LogP contribution in [0.2, 0.25) is 0 Å². The molecule has 0 aromatic carbocycles. The summed E-state index contributed by atoms with van der Waals surface area (Å²) in [6, 6.07) is 0. The molecule has 102 valence electrons. The van der Waals surface area contributed by atoms with Crippen LogP contribution >= 0.6 is 0 Å². The summed E-state index contributed by atoms with van der Waals surface area (Å²) < 4.78 is 5.79. The predicted octanol–water partition coefficient (Wildman–Crippen LogP) is 0.934. The Kier molecular flexibility index (Phi) is 3.42. The molecule has 1 aliphatic heterocycles. The van der Waals surface area contributed by atoms with Gasteiger partial charge in [0, 0.05) is 18.3 Å². The first-order chi connectivity index (χ1) is 9.24. The Labute approximate surface area is 113 Å². The zero-order valence-corrected chi connectivity index (χ0v) is 11.6. The molecule has 4 nitrogen and oxygen atoms in total. The smallest absolute Gasteiger partial charge is 0.158 e. The minimum Gasteiger partial charge on any atom is -0.372 e. The van der Waals surface area contributed by atoms with Crippen LogP contribution in [-0.2, 0) is 4.74 Å². The van der Waals surface area contributed by atoms with Crippen LogP contribution in [0.5, 0.6) is 0 Å². The summed E-state index contributed by atoms with van der Waals surface area (Å²) in [7, 11) is 0. The maximum Gasteiger partial charge on any atom is 0.158 e. The van der Waals surface area contributed by atoms with Gasteiger partial charge in [-0.3, -0.25) is 5.10 Å². The summed E-state index contributed by atoms with van der Waals surface area (Å²) in [5, 5.41) is 10.0. The highest BCUT2D eigenvalue weighted by molar-refractivity contribution is 5.51. The van der Waals surface area contributed by atoms with E-state index in [-0.39, 0.29) is 12.2 Å². The molecule has 0 amide bonds. The van der Waals surface area contributed by atoms with Gasteiger partial charge in [0.25, 0.3) is 0 Å². The SMILES string of the molecule is C[C@@H]1CN(c2n[nH]c3/c2=C\C=C\CC\C=3)C[C@H](C)O1. The van der Waals surface area contributed by atoms with Gasteiger partial charge in [0.1, 0.15) is 0 Å². The quantitative estimate of drug-likeness (QED) is 0.816. The molecule has 1 fully saturated rings. The van der Waals surface area contributed by atoms with Crippen LogP contribution in [0.4, 0.5) is 5.82 Å². The third kappa shape index (κ3) is 2.59. The van der Waals surface area contributed by atoms with Crippen LogP contribution in [0, 0.1) is 0 Å². The molecule has 1 aromatic heterocycles. The van der Waals surface area contributed by atoms with E-state index in [1.54, 1.807) is 0 Å². The number of hydrogen-bond donors (Lipinski definition) is 1. The number of allylic oxidation sites excluding steroid dienone is 2. The van der Waals surface area contributed by atoms with Crippen LogP contribution in [-0.4, -0.2) is 35.5 Å². The van der Waals surface area contributed by atoms with E-state index in [1.807, 2.05) is 0 Å². The Morgan fingerprint density at radius 2 is 2.05 bits per heavy atom. The highest BCUT2D eigenvalue weighted by atomic mass is 16.5. The molecule has 19 heavy (non-hydrogen) atoms. The maximum absolute atomic E-state index is 5.79. The molecule has 2 aliphatic rings. The standard InChI is InChI=1S/C15H21N3O/c1-11-9-18(10-12(2)19-11)15-13-7-5-3-4-6-8-14(13)16-17-15/h3,5,7-8,11-12,16H,4,6,9-10H2,1-2H3/b5-3+,13-7+,14-8+/t11-,12+. The molecule has 2 atom stereocenters. The van der Waals surface area contributed by atoms with E-state index in [4.69, 9.17) is 4.74 Å². The van der Waals surface area contributed by atoms with Crippen molar-refractivity contribution in [2.24, 2.45) is 0 Å². The Balaban J connectivity index is 2.01. The molecule has 4 heteroatoms. The molecular formula is C15H21N3O. The average molecular weight is 259 g/mol. The number of rotatable bonds is 1. The monoisotopic (exact) mass is 259 g/mol. The molecule has 0 unspecified atom stereocenters. The van der Waals surface area contributed by atoms with E-state index in [9.17, 15) is 0 Å². The van der Waals surface area contributed by atoms with E-state index in [2.05, 4.69) is 53.2 Å². The number of morpholine rings is 1. The summed E-state index contributed by atoms with van der Waals surface area (Å²) in [5.41, 5.74) is 0. The van der Waals surface area contributed by atoms with Gasteiger partial charge in [-0.2, -0.15) is 5.10 Å². The summed E-state index contributed by atoms with van der Waals surface area (Å²) in [6.45, 7) is 6.04. The molecule has 0 spiro atoms. The van der Waals surface area contributed by atoms with Gasteiger partial charge < -0.3 is 9.64 Å². The molecule has 3 rings (SSSR count). The second-order valence-corrected chi connectivity index (χ2v) is 5.41. The molecule has 2 heterocycles. The number of aromatic amines is 1. The number of fused-ring (bicyclic) bond motifs is 1. The minimum absolute atomic E-state index is 0.254. The van der Waals surface area contributed by atoms with Crippen molar-refractivity contribution in [2.75, 3.05) is 18.0 Å². The molecule has 0 radical (unpaired) electrons. The van der Waals surface area contributed by atoms with Gasteiger partial charge in [-0.15, -0.1) is 0 Å². The van der Waals surface area contributed by atoms with Gasteiger partial charge in [-0.05, 0) is 32.8 Å². The topological polar surface area (TPSA) is 41.2 Å². The number of aromatic nitrogens is 2. The van der Waals surface area contributed by atoms with Gasteiger partial charge in [-0.1, -0.05) is 18.2 Å². The molecular weight excluding hydrogens is 238 g/mol. The molecule has 1 saturated heterocycles. The van der Waals surface area contributed by atoms with Crippen molar-refractivity contribution in [1.82, 2.24) is 10.2 Å². The van der Waals surface area contributed by atoms with E-state index in [1.165, 1.54) is 5.22 Å². The van der Waals surface area contributed by atoms with Crippen LogP contribution in [0.1, 0.15) is 26.7 Å². The molecule has 0 bridgehead atoms. The fourth-order valence-corrected chi connectivity index (χ4v) is 2.85. The van der Waals surface area contributed by atoms with Crippen molar-refractivity contribution in [2.45, 2.75) is 38.9 Å². The van der Waals surface area contributed by atoms with Gasteiger partial charge >= 0.3 is 0 Å². The van der Waals surface area contributed by atoms with Gasteiger partial charge in [0.15, 0.2) is 5.82 Å². The first kappa shape index (κ1) is 12.5. The second-order valence-electron chi connectivity index (χ2n) is 5.41. The average Bonchev–Trinajstić information content (AvgIpc) is 2.69. The Morgan fingerprint density at radius 3 is 2.84 bits per heavy atom. The van der Waals surface area contributed by atoms with Crippen LogP contribution in [0.15, 0.2) is 12.2 Å². The lowest BCUT2D eigenvalue weighted by Gasteiger charge is -2.35. The lowest BCUT2D eigenvalue weighted by molar-refractivity contribution is -0.00550. The molecule has 0 saturated carbocycles. The zero-order chi connectivity index (χ0) is 13.2. The van der Waals surface area contributed by atoms with Gasteiger partial charge in [0.05, 0.1) is 17.6 Å². The Hall–Kier alpha value is -1.55. The van der Waals surface area contributed by atoms with Crippen LogP contribution < -0.4 is 15.5 Å². The largest absolute Gasteiger partial charge is 0.372 e. The van der Waals surface area contributed by atoms with Crippen LogP contribution in [0.25, 0.3) is 12.2 Å². The zero-order valence-electron chi connectivity index (χ0n) is 11.6. The Morgan fingerprint density at radius 1 is 1.26 bits per heavy atom. The van der Waals surface area contributed by atoms with Crippen molar-refractivity contribution in [3.63, 3.8) is 0 Å². The van der Waals surface area contributed by atoms with E-state index >= 15 is 0 Å². The summed E-state index contributed by atoms with van der Waals surface area (Å²) in [5.74, 6) is 1.06. The van der Waals surface area contributed by atoms with Gasteiger partial charge in [-0.25, -0.2) is 0 Å². The number of H-pyrrole nitrogens is 1. The van der Waals surface area contributed by atoms with Crippen molar-refractivity contribution < 1.29 is 4.74 Å². The van der Waals surface area contributed by atoms with Crippen molar-refractivity contribution in [3.8, 4) is 0 Å². The number of nitrogens with zero attached hydrogens (tertiary/aromatic N) is 2. The lowest BCUT2D eigenvalue weighted by Crippen LogP contribution is -2.47. The normalized spacial score (nSPS) is 32.2. The number of nitrogens with one attached hydrogen (secondary N) is 1. The van der Waals surface area contributed by atoms with Crippen molar-refractivity contribution in [3.05, 3.63) is 22.7 Å². The van der Waals surface area contributed by atoms with E-state index < -0.39 is 0 Å². The summed E-state index contributed by atoms with van der Waals surface area (Å²) in [6.07, 6.45) is 11.4. The molecule has 1 aromatic rings. The first-order valence-corrected chi connectivity index (χ1v) is 7.06. The first-order valence-electron chi connectivity index (χ1n) is 7.06. The second kappa shape index (κ2) is 5.21. The minimum atomic E-state index is 0.254. The van der Waals surface area contributed by atoms with E-state index in [0.717, 1.165) is 37.1 Å².